The minimum absolute atomic E-state index is 0.0775. The van der Waals surface area contributed by atoms with Gasteiger partial charge in [-0.15, -0.1) is 11.8 Å². The monoisotopic (exact) mass is 370 g/mol. The van der Waals surface area contributed by atoms with E-state index in [1.165, 1.54) is 81.5 Å². The third-order valence-electron chi connectivity index (χ3n) is 4.19. The minimum Gasteiger partial charge on any atom is -0.481 e. The van der Waals surface area contributed by atoms with E-state index in [4.69, 9.17) is 16.7 Å². The summed E-state index contributed by atoms with van der Waals surface area (Å²) < 4.78 is 0. The van der Waals surface area contributed by atoms with E-state index in [1.807, 2.05) is 18.2 Å². The molecule has 1 rings (SSSR count). The van der Waals surface area contributed by atoms with Crippen LogP contribution in [0.2, 0.25) is 5.02 Å². The third-order valence-corrected chi connectivity index (χ3v) is 5.52. The van der Waals surface area contributed by atoms with Crippen LogP contribution in [0.3, 0.4) is 0 Å². The molecule has 0 bridgehead atoms. The summed E-state index contributed by atoms with van der Waals surface area (Å²) in [5, 5.41) is 9.47. The fourth-order valence-corrected chi connectivity index (χ4v) is 3.76. The summed E-state index contributed by atoms with van der Waals surface area (Å²) in [5.74, 6) is -0.723. The van der Waals surface area contributed by atoms with Crippen LogP contribution in [0, 0.1) is 0 Å². The molecule has 0 unspecified atom stereocenters. The molecule has 0 aromatic heterocycles. The minimum atomic E-state index is -0.800. The van der Waals surface area contributed by atoms with Gasteiger partial charge < -0.3 is 5.11 Å². The lowest BCUT2D eigenvalue weighted by molar-refractivity contribution is -0.133. The summed E-state index contributed by atoms with van der Waals surface area (Å²) in [6, 6.07) is 5.91. The first-order chi connectivity index (χ1) is 11.6. The van der Waals surface area contributed by atoms with Gasteiger partial charge in [-0.2, -0.15) is 0 Å². The van der Waals surface area contributed by atoms with Crippen molar-refractivity contribution < 1.29 is 9.90 Å². The molecular formula is C20H31ClO2S. The first-order valence-electron chi connectivity index (χ1n) is 9.26. The molecule has 0 saturated heterocycles. The molecule has 0 radical (unpaired) electrons. The van der Waals surface area contributed by atoms with Gasteiger partial charge in [0.1, 0.15) is 0 Å². The van der Waals surface area contributed by atoms with Crippen LogP contribution in [0.5, 0.6) is 0 Å². The number of carbonyl (C=O) groups is 1. The van der Waals surface area contributed by atoms with Gasteiger partial charge in [-0.05, 0) is 30.5 Å². The van der Waals surface area contributed by atoms with Gasteiger partial charge in [0.2, 0.25) is 0 Å². The average Bonchev–Trinajstić information content (AvgIpc) is 2.56. The molecule has 0 saturated carbocycles. The van der Waals surface area contributed by atoms with E-state index in [0.717, 1.165) is 16.3 Å². The molecule has 0 amide bonds. The highest BCUT2D eigenvalue weighted by atomic mass is 35.5. The summed E-state index contributed by atoms with van der Waals surface area (Å²) >= 11 is 7.62. The van der Waals surface area contributed by atoms with E-state index in [-0.39, 0.29) is 5.75 Å². The van der Waals surface area contributed by atoms with E-state index in [9.17, 15) is 4.79 Å². The molecule has 1 N–H and O–H groups in total. The quantitative estimate of drug-likeness (QED) is 0.283. The van der Waals surface area contributed by atoms with E-state index in [1.54, 1.807) is 0 Å². The maximum Gasteiger partial charge on any atom is 0.313 e. The van der Waals surface area contributed by atoms with Crippen LogP contribution in [0.1, 0.15) is 76.7 Å². The van der Waals surface area contributed by atoms with Crippen LogP contribution in [0.4, 0.5) is 0 Å². The van der Waals surface area contributed by atoms with Gasteiger partial charge in [0.25, 0.3) is 0 Å². The molecule has 0 spiro atoms. The van der Waals surface area contributed by atoms with E-state index in [2.05, 4.69) is 6.92 Å². The van der Waals surface area contributed by atoms with Crippen molar-refractivity contribution >= 4 is 29.3 Å². The molecule has 0 aliphatic rings. The SMILES string of the molecule is CCCCCCCCCCCCc1ccc(SCC(=O)O)cc1Cl. The largest absolute Gasteiger partial charge is 0.481 e. The Hall–Kier alpha value is -0.670. The summed E-state index contributed by atoms with van der Waals surface area (Å²) in [4.78, 5) is 11.5. The highest BCUT2D eigenvalue weighted by Crippen LogP contribution is 2.26. The average molecular weight is 371 g/mol. The van der Waals surface area contributed by atoms with Crippen molar-refractivity contribution in [2.75, 3.05) is 5.75 Å². The Bertz CT molecular complexity index is 477. The number of benzene rings is 1. The Balaban J connectivity index is 2.11. The first kappa shape index (κ1) is 21.4. The van der Waals surface area contributed by atoms with Gasteiger partial charge in [-0.1, -0.05) is 82.4 Å². The van der Waals surface area contributed by atoms with Gasteiger partial charge in [-0.3, -0.25) is 4.79 Å². The normalized spacial score (nSPS) is 10.9. The molecule has 0 atom stereocenters. The molecule has 0 aliphatic heterocycles. The second kappa shape index (κ2) is 13.6. The first-order valence-corrected chi connectivity index (χ1v) is 10.6. The second-order valence-corrected chi connectivity index (χ2v) is 7.82. The topological polar surface area (TPSA) is 37.3 Å². The van der Waals surface area contributed by atoms with Crippen molar-refractivity contribution in [3.63, 3.8) is 0 Å². The van der Waals surface area contributed by atoms with Crippen molar-refractivity contribution in [1.82, 2.24) is 0 Å². The number of rotatable bonds is 14. The van der Waals surface area contributed by atoms with Crippen LogP contribution in [0.15, 0.2) is 23.1 Å². The van der Waals surface area contributed by atoms with Crippen LogP contribution in [0.25, 0.3) is 0 Å². The Morgan fingerprint density at radius 1 is 1.00 bits per heavy atom. The second-order valence-electron chi connectivity index (χ2n) is 6.37. The third kappa shape index (κ3) is 10.2. The number of aliphatic carboxylic acids is 1. The molecule has 24 heavy (non-hydrogen) atoms. The number of hydrogen-bond acceptors (Lipinski definition) is 2. The summed E-state index contributed by atoms with van der Waals surface area (Å²) in [7, 11) is 0. The molecule has 2 nitrogen and oxygen atoms in total. The fraction of sp³-hybridized carbons (Fsp3) is 0.650. The standard InChI is InChI=1S/C20H31ClO2S/c1-2-3-4-5-6-7-8-9-10-11-12-17-13-14-18(15-19(17)21)24-16-20(22)23/h13-15H,2-12,16H2,1H3,(H,22,23). The van der Waals surface area contributed by atoms with Crippen LogP contribution in [-0.2, 0) is 11.2 Å². The van der Waals surface area contributed by atoms with Crippen molar-refractivity contribution in [3.05, 3.63) is 28.8 Å². The Morgan fingerprint density at radius 3 is 2.12 bits per heavy atom. The molecule has 0 heterocycles. The number of hydrogen-bond donors (Lipinski definition) is 1. The highest BCUT2D eigenvalue weighted by Gasteiger charge is 2.05. The molecule has 136 valence electrons. The van der Waals surface area contributed by atoms with Crippen molar-refractivity contribution in [1.29, 1.82) is 0 Å². The lowest BCUT2D eigenvalue weighted by Gasteiger charge is -2.07. The fourth-order valence-electron chi connectivity index (χ4n) is 2.77. The summed E-state index contributed by atoms with van der Waals surface area (Å²) in [5.41, 5.74) is 1.18. The number of carboxylic acid groups (broad SMARTS) is 1. The van der Waals surface area contributed by atoms with E-state index in [0.29, 0.717) is 0 Å². The van der Waals surface area contributed by atoms with Crippen molar-refractivity contribution in [2.24, 2.45) is 0 Å². The van der Waals surface area contributed by atoms with Crippen LogP contribution >= 0.6 is 23.4 Å². The van der Waals surface area contributed by atoms with Crippen molar-refractivity contribution in [2.45, 2.75) is 82.4 Å². The molecule has 1 aromatic rings. The maximum atomic E-state index is 10.6. The zero-order chi connectivity index (χ0) is 17.6. The molecule has 0 aliphatic carbocycles. The van der Waals surface area contributed by atoms with Crippen LogP contribution < -0.4 is 0 Å². The number of thioether (sulfide) groups is 1. The zero-order valence-electron chi connectivity index (χ0n) is 14.9. The Morgan fingerprint density at radius 2 is 1.58 bits per heavy atom. The molecule has 0 fully saturated rings. The lowest BCUT2D eigenvalue weighted by atomic mass is 10.0. The smallest absolute Gasteiger partial charge is 0.313 e. The van der Waals surface area contributed by atoms with Crippen LogP contribution in [-0.4, -0.2) is 16.8 Å². The number of halogens is 1. The molecule has 4 heteroatoms. The van der Waals surface area contributed by atoms with Gasteiger partial charge in [0, 0.05) is 9.92 Å². The predicted octanol–water partition coefficient (Wildman–Crippen LogP) is 6.98. The number of carboxylic acids is 1. The lowest BCUT2D eigenvalue weighted by Crippen LogP contribution is -1.97. The molecular weight excluding hydrogens is 340 g/mol. The maximum absolute atomic E-state index is 10.6. The van der Waals surface area contributed by atoms with E-state index < -0.39 is 5.97 Å². The zero-order valence-corrected chi connectivity index (χ0v) is 16.4. The number of unbranched alkanes of at least 4 members (excludes halogenated alkanes) is 9. The highest BCUT2D eigenvalue weighted by molar-refractivity contribution is 8.00. The molecule has 1 aromatic carbocycles. The predicted molar refractivity (Wildman–Crippen MR) is 105 cm³/mol. The van der Waals surface area contributed by atoms with Gasteiger partial charge in [0.05, 0.1) is 5.75 Å². The van der Waals surface area contributed by atoms with Gasteiger partial charge in [0.15, 0.2) is 0 Å². The Labute approximate surface area is 156 Å². The van der Waals surface area contributed by atoms with Gasteiger partial charge in [-0.25, -0.2) is 0 Å². The number of aryl methyl sites for hydroxylation is 1. The van der Waals surface area contributed by atoms with Crippen molar-refractivity contribution in [3.8, 4) is 0 Å². The summed E-state index contributed by atoms with van der Waals surface area (Å²) in [6.45, 7) is 2.26. The summed E-state index contributed by atoms with van der Waals surface area (Å²) in [6.07, 6.45) is 14.4. The Kier molecular flexibility index (Phi) is 12.1. The van der Waals surface area contributed by atoms with Gasteiger partial charge >= 0.3 is 5.97 Å². The van der Waals surface area contributed by atoms with E-state index >= 15 is 0 Å².